The van der Waals surface area contributed by atoms with Crippen molar-refractivity contribution in [2.24, 2.45) is 0 Å². The molecule has 0 aromatic carbocycles. The molecule has 2 aromatic heterocycles. The Kier molecular flexibility index (Phi) is 5.02. The molecular formula is C16H22ClN3S. The zero-order valence-corrected chi connectivity index (χ0v) is 14.8. The second-order valence-corrected chi connectivity index (χ2v) is 7.97. The smallest absolute Gasteiger partial charge is 0.142 e. The van der Waals surface area contributed by atoms with Crippen LogP contribution in [0.3, 0.4) is 0 Å². The molecule has 0 saturated carbocycles. The van der Waals surface area contributed by atoms with Crippen molar-refractivity contribution in [1.82, 2.24) is 15.3 Å². The van der Waals surface area contributed by atoms with Crippen molar-refractivity contribution in [2.75, 3.05) is 0 Å². The van der Waals surface area contributed by atoms with Gasteiger partial charge in [-0.1, -0.05) is 25.4 Å². The maximum atomic E-state index is 5.90. The van der Waals surface area contributed by atoms with E-state index in [4.69, 9.17) is 16.6 Å². The molecule has 0 saturated heterocycles. The van der Waals surface area contributed by atoms with Gasteiger partial charge in [0.25, 0.3) is 0 Å². The van der Waals surface area contributed by atoms with E-state index in [0.717, 1.165) is 22.9 Å². The van der Waals surface area contributed by atoms with E-state index >= 15 is 0 Å². The number of aromatic nitrogens is 2. The monoisotopic (exact) mass is 323 g/mol. The van der Waals surface area contributed by atoms with Crippen LogP contribution < -0.4 is 5.32 Å². The predicted octanol–water partition coefficient (Wildman–Crippen LogP) is 4.87. The predicted molar refractivity (Wildman–Crippen MR) is 91.0 cm³/mol. The van der Waals surface area contributed by atoms with E-state index in [1.807, 2.05) is 12.1 Å². The quantitative estimate of drug-likeness (QED) is 0.872. The van der Waals surface area contributed by atoms with E-state index in [1.54, 1.807) is 17.5 Å². The molecule has 0 fully saturated rings. The molecule has 21 heavy (non-hydrogen) atoms. The third kappa shape index (κ3) is 4.50. The Morgan fingerprint density at radius 1 is 1.29 bits per heavy atom. The fourth-order valence-electron chi connectivity index (χ4n) is 1.90. The summed E-state index contributed by atoms with van der Waals surface area (Å²) in [6.07, 6.45) is 1.67. The number of thiazole rings is 1. The summed E-state index contributed by atoms with van der Waals surface area (Å²) in [5, 5.41) is 5.14. The molecular weight excluding hydrogens is 302 g/mol. The van der Waals surface area contributed by atoms with Crippen molar-refractivity contribution in [3.05, 3.63) is 33.9 Å². The van der Waals surface area contributed by atoms with Gasteiger partial charge in [-0.25, -0.2) is 4.98 Å². The summed E-state index contributed by atoms with van der Waals surface area (Å²) in [4.78, 5) is 10.4. The fourth-order valence-corrected chi connectivity index (χ4v) is 3.14. The molecule has 0 amide bonds. The summed E-state index contributed by atoms with van der Waals surface area (Å²) in [5.41, 5.74) is 2.13. The molecule has 2 aromatic rings. The molecule has 0 bridgehead atoms. The van der Waals surface area contributed by atoms with Crippen molar-refractivity contribution in [3.63, 3.8) is 0 Å². The third-order valence-electron chi connectivity index (χ3n) is 3.00. The van der Waals surface area contributed by atoms with Gasteiger partial charge < -0.3 is 5.32 Å². The van der Waals surface area contributed by atoms with Gasteiger partial charge in [0.05, 0.1) is 16.4 Å². The molecule has 114 valence electrons. The first kappa shape index (κ1) is 16.4. The summed E-state index contributed by atoms with van der Waals surface area (Å²) in [6.45, 7) is 11.7. The minimum absolute atomic E-state index is 0.0942. The number of nitrogens with zero attached hydrogens (tertiary/aromatic N) is 2. The molecule has 0 unspecified atom stereocenters. The Balaban J connectivity index is 2.30. The molecule has 0 aliphatic rings. The molecule has 0 atom stereocenters. The van der Waals surface area contributed by atoms with E-state index in [9.17, 15) is 0 Å². The van der Waals surface area contributed by atoms with Gasteiger partial charge in [-0.3, -0.25) is 4.98 Å². The van der Waals surface area contributed by atoms with Crippen LogP contribution in [0, 0.1) is 0 Å². The maximum absolute atomic E-state index is 5.90. The third-order valence-corrected chi connectivity index (χ3v) is 4.32. The number of nitrogens with one attached hydrogen (secondary N) is 1. The van der Waals surface area contributed by atoms with E-state index < -0.39 is 0 Å². The lowest BCUT2D eigenvalue weighted by molar-refractivity contribution is 0.425. The van der Waals surface area contributed by atoms with Crippen molar-refractivity contribution in [3.8, 4) is 10.7 Å². The SMILES string of the molecule is CC(C)c1nc(-c2ccc(Cl)cn2)sc1CNC(C)(C)C. The van der Waals surface area contributed by atoms with Crippen LogP contribution in [-0.2, 0) is 6.54 Å². The van der Waals surface area contributed by atoms with Crippen molar-refractivity contribution >= 4 is 22.9 Å². The Bertz CT molecular complexity index is 597. The van der Waals surface area contributed by atoms with Crippen LogP contribution >= 0.6 is 22.9 Å². The summed E-state index contributed by atoms with van der Waals surface area (Å²) in [5.74, 6) is 0.402. The van der Waals surface area contributed by atoms with Gasteiger partial charge in [-0.15, -0.1) is 11.3 Å². The molecule has 0 aliphatic heterocycles. The molecule has 0 spiro atoms. The standard InChI is InChI=1S/C16H22ClN3S/c1-10(2)14-13(9-19-16(3,4)5)21-15(20-14)12-7-6-11(17)8-18-12/h6-8,10,19H,9H2,1-5H3. The van der Waals surface area contributed by atoms with Crippen LogP contribution in [0.25, 0.3) is 10.7 Å². The summed E-state index contributed by atoms with van der Waals surface area (Å²) >= 11 is 7.60. The van der Waals surface area contributed by atoms with Crippen LogP contribution in [-0.4, -0.2) is 15.5 Å². The van der Waals surface area contributed by atoms with E-state index in [1.165, 1.54) is 4.88 Å². The number of hydrogen-bond donors (Lipinski definition) is 1. The highest BCUT2D eigenvalue weighted by atomic mass is 35.5. The van der Waals surface area contributed by atoms with Gasteiger partial charge in [0, 0.05) is 23.2 Å². The first-order valence-corrected chi connectivity index (χ1v) is 8.32. The first-order valence-electron chi connectivity index (χ1n) is 7.13. The Morgan fingerprint density at radius 3 is 2.52 bits per heavy atom. The maximum Gasteiger partial charge on any atom is 0.142 e. The Hall–Kier alpha value is -0.970. The van der Waals surface area contributed by atoms with Gasteiger partial charge in [0.2, 0.25) is 0 Å². The van der Waals surface area contributed by atoms with E-state index in [2.05, 4.69) is 44.9 Å². The van der Waals surface area contributed by atoms with Crippen molar-refractivity contribution < 1.29 is 0 Å². The number of halogens is 1. The van der Waals surface area contributed by atoms with Crippen LogP contribution in [0.4, 0.5) is 0 Å². The van der Waals surface area contributed by atoms with Gasteiger partial charge in [0.15, 0.2) is 0 Å². The topological polar surface area (TPSA) is 37.8 Å². The molecule has 1 N–H and O–H groups in total. The van der Waals surface area contributed by atoms with Gasteiger partial charge in [0.1, 0.15) is 5.01 Å². The summed E-state index contributed by atoms with van der Waals surface area (Å²) in [7, 11) is 0. The molecule has 0 aliphatic carbocycles. The zero-order chi connectivity index (χ0) is 15.6. The highest BCUT2D eigenvalue weighted by Gasteiger charge is 2.18. The lowest BCUT2D eigenvalue weighted by Gasteiger charge is -2.20. The summed E-state index contributed by atoms with van der Waals surface area (Å²) in [6, 6.07) is 3.78. The molecule has 0 radical (unpaired) electrons. The van der Waals surface area contributed by atoms with Gasteiger partial charge >= 0.3 is 0 Å². The molecule has 3 nitrogen and oxygen atoms in total. The Labute approximate surface area is 135 Å². The van der Waals surface area contributed by atoms with Crippen LogP contribution in [0.15, 0.2) is 18.3 Å². The van der Waals surface area contributed by atoms with Crippen LogP contribution in [0.5, 0.6) is 0 Å². The summed E-state index contributed by atoms with van der Waals surface area (Å²) < 4.78 is 0. The molecule has 5 heteroatoms. The lowest BCUT2D eigenvalue weighted by Crippen LogP contribution is -2.35. The minimum atomic E-state index is 0.0942. The van der Waals surface area contributed by atoms with Crippen molar-refractivity contribution in [1.29, 1.82) is 0 Å². The largest absolute Gasteiger partial charge is 0.307 e. The second-order valence-electron chi connectivity index (χ2n) is 6.45. The lowest BCUT2D eigenvalue weighted by atomic mass is 10.1. The fraction of sp³-hybridized carbons (Fsp3) is 0.500. The first-order chi connectivity index (χ1) is 9.76. The average molecular weight is 324 g/mol. The second kappa shape index (κ2) is 6.42. The van der Waals surface area contributed by atoms with E-state index in [-0.39, 0.29) is 5.54 Å². The van der Waals surface area contributed by atoms with Gasteiger partial charge in [-0.2, -0.15) is 0 Å². The minimum Gasteiger partial charge on any atom is -0.307 e. The highest BCUT2D eigenvalue weighted by Crippen LogP contribution is 2.31. The molecule has 2 heterocycles. The van der Waals surface area contributed by atoms with Gasteiger partial charge in [-0.05, 0) is 38.8 Å². The molecule has 2 rings (SSSR count). The zero-order valence-electron chi connectivity index (χ0n) is 13.2. The number of rotatable bonds is 4. The van der Waals surface area contributed by atoms with E-state index in [0.29, 0.717) is 10.9 Å². The number of hydrogen-bond acceptors (Lipinski definition) is 4. The van der Waals surface area contributed by atoms with Crippen LogP contribution in [0.1, 0.15) is 51.1 Å². The van der Waals surface area contributed by atoms with Crippen molar-refractivity contribution in [2.45, 2.75) is 52.6 Å². The Morgan fingerprint density at radius 2 is 2.00 bits per heavy atom. The normalized spacial score (nSPS) is 12.1. The highest BCUT2D eigenvalue weighted by molar-refractivity contribution is 7.15. The number of pyridine rings is 1. The van der Waals surface area contributed by atoms with Crippen LogP contribution in [0.2, 0.25) is 5.02 Å². The average Bonchev–Trinajstić information content (AvgIpc) is 2.81.